The zero-order chi connectivity index (χ0) is 34.1. The molecule has 0 heterocycles. The summed E-state index contributed by atoms with van der Waals surface area (Å²) < 4.78 is 39.1. The van der Waals surface area contributed by atoms with Gasteiger partial charge in [-0.25, -0.2) is 0 Å². The molecule has 0 radical (unpaired) electrons. The van der Waals surface area contributed by atoms with Crippen LogP contribution in [0.4, 0.5) is 18.9 Å². The first-order valence-electron chi connectivity index (χ1n) is 15.0. The molecule has 0 unspecified atom stereocenters. The van der Waals surface area contributed by atoms with E-state index in [1.807, 2.05) is 48.5 Å². The van der Waals surface area contributed by atoms with Gasteiger partial charge in [-0.1, -0.05) is 91.0 Å². The first kappa shape index (κ1) is 34.0. The Hall–Kier alpha value is -5.35. The lowest BCUT2D eigenvalue weighted by molar-refractivity contribution is -0.137. The fourth-order valence-electron chi connectivity index (χ4n) is 5.04. The summed E-state index contributed by atoms with van der Waals surface area (Å²) in [6.45, 7) is 0.400. The number of thioether (sulfide) groups is 1. The lowest BCUT2D eigenvalue weighted by atomic mass is 9.98. The first-order chi connectivity index (χ1) is 23.1. The van der Waals surface area contributed by atoms with Crippen molar-refractivity contribution in [2.75, 3.05) is 18.1 Å². The van der Waals surface area contributed by atoms with Crippen molar-refractivity contribution in [1.29, 1.82) is 0 Å². The number of amides is 3. The molecule has 6 nitrogen and oxygen atoms in total. The molecule has 2 N–H and O–H groups in total. The summed E-state index contributed by atoms with van der Waals surface area (Å²) >= 11 is 1.29. The number of anilines is 1. The maximum Gasteiger partial charge on any atom is 0.416 e. The van der Waals surface area contributed by atoms with Crippen LogP contribution in [0.25, 0.3) is 11.1 Å². The number of alkyl halides is 3. The van der Waals surface area contributed by atoms with E-state index in [1.165, 1.54) is 23.9 Å². The molecule has 5 aromatic rings. The van der Waals surface area contributed by atoms with Gasteiger partial charge in [-0.2, -0.15) is 13.2 Å². The average Bonchev–Trinajstić information content (AvgIpc) is 3.10. The molecule has 1 atom stereocenters. The zero-order valence-electron chi connectivity index (χ0n) is 25.9. The molecule has 0 bridgehead atoms. The van der Waals surface area contributed by atoms with Gasteiger partial charge in [0, 0.05) is 29.7 Å². The highest BCUT2D eigenvalue weighted by Crippen LogP contribution is 2.32. The van der Waals surface area contributed by atoms with Crippen molar-refractivity contribution in [3.8, 4) is 11.1 Å². The van der Waals surface area contributed by atoms with Gasteiger partial charge in [0.05, 0.1) is 11.3 Å². The highest BCUT2D eigenvalue weighted by Gasteiger charge is 2.30. The summed E-state index contributed by atoms with van der Waals surface area (Å²) in [5.41, 5.74) is 2.69. The van der Waals surface area contributed by atoms with E-state index >= 15 is 0 Å². The number of halogens is 3. The number of hydrogen-bond donors (Lipinski definition) is 2. The number of carbonyl (C=O) groups excluding carboxylic acids is 3. The Morgan fingerprint density at radius 3 is 2.00 bits per heavy atom. The summed E-state index contributed by atoms with van der Waals surface area (Å²) in [6, 6.07) is 36.2. The van der Waals surface area contributed by atoms with E-state index in [0.29, 0.717) is 34.5 Å². The molecular formula is C38H32F3N3O3S. The molecule has 3 amide bonds. The first-order valence-corrected chi connectivity index (χ1v) is 16.0. The van der Waals surface area contributed by atoms with Gasteiger partial charge in [0.15, 0.2) is 0 Å². The van der Waals surface area contributed by atoms with Gasteiger partial charge in [-0.05, 0) is 64.7 Å². The Balaban J connectivity index is 1.19. The summed E-state index contributed by atoms with van der Waals surface area (Å²) in [7, 11) is 1.71. The molecule has 10 heteroatoms. The van der Waals surface area contributed by atoms with E-state index in [-0.39, 0.29) is 17.6 Å². The fourth-order valence-corrected chi connectivity index (χ4v) is 5.75. The van der Waals surface area contributed by atoms with Crippen LogP contribution >= 0.6 is 11.8 Å². The minimum atomic E-state index is -4.45. The summed E-state index contributed by atoms with van der Waals surface area (Å²) in [6.07, 6.45) is -4.45. The van der Waals surface area contributed by atoms with E-state index in [1.54, 1.807) is 72.6 Å². The summed E-state index contributed by atoms with van der Waals surface area (Å²) in [5.74, 6) is -0.902. The van der Waals surface area contributed by atoms with Gasteiger partial charge in [0.25, 0.3) is 5.91 Å². The Bertz CT molecular complexity index is 1850. The Kier molecular flexibility index (Phi) is 11.0. The molecule has 0 aromatic heterocycles. The van der Waals surface area contributed by atoms with Crippen molar-refractivity contribution in [3.05, 3.63) is 156 Å². The lowest BCUT2D eigenvalue weighted by Crippen LogP contribution is -2.41. The van der Waals surface area contributed by atoms with Crippen LogP contribution in [0.3, 0.4) is 0 Å². The molecule has 0 aliphatic rings. The zero-order valence-corrected chi connectivity index (χ0v) is 26.7. The number of benzene rings is 5. The molecule has 0 saturated carbocycles. The van der Waals surface area contributed by atoms with Crippen molar-refractivity contribution in [1.82, 2.24) is 10.2 Å². The molecule has 0 fully saturated rings. The molecule has 5 rings (SSSR count). The standard InChI is InChI=1S/C38H32F3N3O3S/c1-44(24-26-10-4-2-5-11-26)37(47)35(28-12-6-3-7-13-28)43-34(45)25-48-31-22-20-30(21-23-31)42-36(46)33-15-9-8-14-32(33)27-16-18-29(19-17-27)38(39,40)41/h2-23,35H,24-25H2,1H3,(H,42,46)(H,43,45)/t35-/m0/s1. The molecule has 0 spiro atoms. The van der Waals surface area contributed by atoms with Crippen LogP contribution in [0.2, 0.25) is 0 Å². The van der Waals surface area contributed by atoms with E-state index < -0.39 is 23.7 Å². The smallest absolute Gasteiger partial charge is 0.340 e. The molecular weight excluding hydrogens is 635 g/mol. The number of rotatable bonds is 11. The highest BCUT2D eigenvalue weighted by molar-refractivity contribution is 8.00. The van der Waals surface area contributed by atoms with E-state index in [4.69, 9.17) is 0 Å². The Labute approximate surface area is 281 Å². The van der Waals surface area contributed by atoms with Gasteiger partial charge in [0.2, 0.25) is 11.8 Å². The van der Waals surface area contributed by atoms with Crippen molar-refractivity contribution < 1.29 is 27.6 Å². The Morgan fingerprint density at radius 1 is 0.750 bits per heavy atom. The monoisotopic (exact) mass is 667 g/mol. The number of hydrogen-bond acceptors (Lipinski definition) is 4. The minimum Gasteiger partial charge on any atom is -0.340 e. The van der Waals surface area contributed by atoms with Gasteiger partial charge in [-0.3, -0.25) is 14.4 Å². The second kappa shape index (κ2) is 15.5. The largest absolute Gasteiger partial charge is 0.416 e. The molecule has 0 aliphatic heterocycles. The van der Waals surface area contributed by atoms with Gasteiger partial charge in [0.1, 0.15) is 6.04 Å². The predicted octanol–water partition coefficient (Wildman–Crippen LogP) is 8.23. The molecule has 244 valence electrons. The van der Waals surface area contributed by atoms with Crippen LogP contribution in [0.5, 0.6) is 0 Å². The number of nitrogens with one attached hydrogen (secondary N) is 2. The summed E-state index contributed by atoms with van der Waals surface area (Å²) in [4.78, 5) is 42.1. The number of carbonyl (C=O) groups is 3. The van der Waals surface area contributed by atoms with E-state index in [2.05, 4.69) is 10.6 Å². The normalized spacial score (nSPS) is 11.8. The number of likely N-dealkylation sites (N-methyl/N-ethyl adjacent to an activating group) is 1. The topological polar surface area (TPSA) is 78.5 Å². The second-order valence-corrected chi connectivity index (χ2v) is 12.0. The SMILES string of the molecule is CN(Cc1ccccc1)C(=O)[C@@H](NC(=O)CSc1ccc(NC(=O)c2ccccc2-c2ccc(C(F)(F)F)cc2)cc1)c1ccccc1. The lowest BCUT2D eigenvalue weighted by Gasteiger charge is -2.25. The van der Waals surface area contributed by atoms with Gasteiger partial charge < -0.3 is 15.5 Å². The second-order valence-electron chi connectivity index (χ2n) is 11.0. The molecule has 5 aromatic carbocycles. The van der Waals surface area contributed by atoms with Crippen LogP contribution in [0.1, 0.15) is 33.1 Å². The van der Waals surface area contributed by atoms with Crippen LogP contribution in [0.15, 0.2) is 138 Å². The fraction of sp³-hybridized carbons (Fsp3) is 0.132. The third-order valence-electron chi connectivity index (χ3n) is 7.50. The molecule has 0 saturated heterocycles. The van der Waals surface area contributed by atoms with Gasteiger partial charge in [-0.15, -0.1) is 11.8 Å². The molecule has 0 aliphatic carbocycles. The minimum absolute atomic E-state index is 0.0607. The van der Waals surface area contributed by atoms with E-state index in [9.17, 15) is 27.6 Å². The maximum atomic E-state index is 13.5. The van der Waals surface area contributed by atoms with Crippen LogP contribution in [0, 0.1) is 0 Å². The highest BCUT2D eigenvalue weighted by atomic mass is 32.2. The van der Waals surface area contributed by atoms with Crippen molar-refractivity contribution in [3.63, 3.8) is 0 Å². The van der Waals surface area contributed by atoms with E-state index in [0.717, 1.165) is 22.6 Å². The van der Waals surface area contributed by atoms with Crippen LogP contribution < -0.4 is 10.6 Å². The van der Waals surface area contributed by atoms with Crippen molar-refractivity contribution >= 4 is 35.2 Å². The third-order valence-corrected chi connectivity index (χ3v) is 8.51. The van der Waals surface area contributed by atoms with Crippen molar-refractivity contribution in [2.45, 2.75) is 23.7 Å². The van der Waals surface area contributed by atoms with Gasteiger partial charge >= 0.3 is 6.18 Å². The third kappa shape index (κ3) is 8.92. The van der Waals surface area contributed by atoms with Crippen LogP contribution in [-0.2, 0) is 22.3 Å². The Morgan fingerprint density at radius 2 is 1.35 bits per heavy atom. The molecule has 48 heavy (non-hydrogen) atoms. The number of nitrogens with zero attached hydrogens (tertiary/aromatic N) is 1. The van der Waals surface area contributed by atoms with Crippen molar-refractivity contribution in [2.24, 2.45) is 0 Å². The quantitative estimate of drug-likeness (QED) is 0.139. The predicted molar refractivity (Wildman–Crippen MR) is 182 cm³/mol. The maximum absolute atomic E-state index is 13.5. The van der Waals surface area contributed by atoms with Crippen LogP contribution in [-0.4, -0.2) is 35.4 Å². The summed E-state index contributed by atoms with van der Waals surface area (Å²) in [5, 5.41) is 5.72. The average molecular weight is 668 g/mol.